The van der Waals surface area contributed by atoms with Crippen LogP contribution in [0.1, 0.15) is 75.2 Å². The van der Waals surface area contributed by atoms with Crippen LogP contribution in [0.25, 0.3) is 33.5 Å². The zero-order chi connectivity index (χ0) is 46.9. The highest BCUT2D eigenvalue weighted by molar-refractivity contribution is 7.91. The van der Waals surface area contributed by atoms with Crippen molar-refractivity contribution in [1.29, 1.82) is 0 Å². The molecule has 0 bridgehead atoms. The number of hydrogen-bond acceptors (Lipinski definition) is 11. The molecule has 4 aliphatic rings. The van der Waals surface area contributed by atoms with Crippen LogP contribution in [0.2, 0.25) is 0 Å². The fraction of sp³-hybridized carbons (Fsp3) is 0.404. The smallest absolute Gasteiger partial charge is 0.416 e. The van der Waals surface area contributed by atoms with Gasteiger partial charge in [0.25, 0.3) is 17.7 Å². The van der Waals surface area contributed by atoms with E-state index in [1.54, 1.807) is 48.5 Å². The monoisotopic (exact) mass is 927 g/mol. The number of aromatic nitrogens is 2. The van der Waals surface area contributed by atoms with E-state index < -0.39 is 79.8 Å². The zero-order valence-electron chi connectivity index (χ0n) is 36.3. The Hall–Kier alpha value is -6.50. The number of anilines is 1. The molecule has 1 saturated heterocycles. The number of halogens is 3. The van der Waals surface area contributed by atoms with Crippen LogP contribution in [0.4, 0.5) is 18.9 Å². The molecule has 0 unspecified atom stereocenters. The zero-order valence-corrected chi connectivity index (χ0v) is 37.1. The molecule has 5 atom stereocenters. The number of hydrogen-bond donors (Lipinski definition) is 4. The highest BCUT2D eigenvalue weighted by atomic mass is 32.2. The summed E-state index contributed by atoms with van der Waals surface area (Å²) in [6, 6.07) is 15.9. The number of fused-ring (bicyclic) bond motifs is 3. The molecule has 4 N–H and O–H groups in total. The largest absolute Gasteiger partial charge is 0.470 e. The van der Waals surface area contributed by atoms with Gasteiger partial charge in [-0.2, -0.15) is 18.2 Å². The van der Waals surface area contributed by atoms with E-state index in [2.05, 4.69) is 37.2 Å². The lowest BCUT2D eigenvalue weighted by Crippen LogP contribution is -2.58. The van der Waals surface area contributed by atoms with Crippen LogP contribution >= 0.6 is 0 Å². The number of carbonyl (C=O) groups is 4. The van der Waals surface area contributed by atoms with Crippen molar-refractivity contribution in [3.63, 3.8) is 0 Å². The van der Waals surface area contributed by atoms with Gasteiger partial charge in [-0.25, -0.2) is 13.4 Å². The first-order valence-electron chi connectivity index (χ1n) is 21.8. The highest BCUT2D eigenvalue weighted by Gasteiger charge is 2.62. The van der Waals surface area contributed by atoms with Gasteiger partial charge in [-0.15, -0.1) is 6.58 Å². The van der Waals surface area contributed by atoms with Crippen molar-refractivity contribution in [1.82, 2.24) is 30.2 Å². The molecule has 0 spiro atoms. The average molecular weight is 928 g/mol. The Morgan fingerprint density at radius 3 is 2.35 bits per heavy atom. The summed E-state index contributed by atoms with van der Waals surface area (Å²) >= 11 is 0. The third-order valence-electron chi connectivity index (χ3n) is 12.5. The second kappa shape index (κ2) is 16.4. The molecule has 3 saturated carbocycles. The van der Waals surface area contributed by atoms with Gasteiger partial charge in [-0.1, -0.05) is 57.2 Å². The quantitative estimate of drug-likeness (QED) is 0.0887. The van der Waals surface area contributed by atoms with E-state index in [4.69, 9.17) is 9.15 Å². The van der Waals surface area contributed by atoms with Crippen molar-refractivity contribution in [2.45, 2.75) is 100 Å². The van der Waals surface area contributed by atoms with Crippen LogP contribution in [-0.4, -0.2) is 88.5 Å². The molecule has 1 aliphatic heterocycles. The first kappa shape index (κ1) is 44.7. The number of amides is 4. The Morgan fingerprint density at radius 1 is 0.970 bits per heavy atom. The second-order valence-electron chi connectivity index (χ2n) is 18.6. The summed E-state index contributed by atoms with van der Waals surface area (Å²) in [7, 11) is -3.99. The number of para-hydroxylation sites is 1. The standard InChI is InChI=1S/C47H48F3N7O8S/c1-5-27-23-46(27,44(61)56-66(62,63)32-19-20-32)55-41(59)34-22-31(24-57(34)43(60)38(45(2,3)4)51-30-10-8-9-26(21-30)40(58)52-29-17-18-29)64-42-37-36(33-11-6-7-12-35(33)65-37)53-39(54-42)25-13-15-28(16-14-25)47(48,49)50/h5-16,21,27,29,31-32,34,38,51H,1,17-20,22-24H2,2-4H3,(H,52,58)(H,55,59)(H,56,61)/t27-,31-,34+,38-,46-/m1/s1. The minimum Gasteiger partial charge on any atom is -0.470 e. The lowest BCUT2D eigenvalue weighted by molar-refractivity contribution is -0.141. The molecule has 4 amide bonds. The molecule has 9 rings (SSSR count). The van der Waals surface area contributed by atoms with Gasteiger partial charge in [0.05, 0.1) is 17.4 Å². The van der Waals surface area contributed by atoms with Crippen molar-refractivity contribution in [3.05, 3.63) is 96.6 Å². The molecule has 0 radical (unpaired) electrons. The van der Waals surface area contributed by atoms with Crippen LogP contribution < -0.4 is 25.4 Å². The molecular formula is C47H48F3N7O8S. The summed E-state index contributed by atoms with van der Waals surface area (Å²) in [4.78, 5) is 67.2. The SMILES string of the molecule is C=C[C@@H]1C[C@]1(NC(=O)[C@@H]1C[C@@H](Oc2nc(-c3ccc(C(F)(F)F)cc3)nc3c2oc2ccccc23)CN1C(=O)[C@@H](Nc1cccc(C(=O)NC2CC2)c1)C(C)(C)C)C(=O)NS(=O)(=O)C1CC1. The first-order chi connectivity index (χ1) is 31.2. The maximum Gasteiger partial charge on any atom is 0.416 e. The minimum absolute atomic E-state index is 0.0290. The van der Waals surface area contributed by atoms with Crippen molar-refractivity contribution in [3.8, 4) is 17.3 Å². The number of nitrogens with one attached hydrogen (secondary N) is 4. The van der Waals surface area contributed by atoms with E-state index in [1.807, 2.05) is 20.8 Å². The van der Waals surface area contributed by atoms with E-state index in [0.717, 1.165) is 25.0 Å². The van der Waals surface area contributed by atoms with E-state index in [0.29, 0.717) is 40.6 Å². The molecular weight excluding hydrogens is 880 g/mol. The topological polar surface area (TPSA) is 202 Å². The number of benzene rings is 3. The summed E-state index contributed by atoms with van der Waals surface area (Å²) in [5.41, 5.74) is -1.32. The molecule has 3 aliphatic carbocycles. The van der Waals surface area contributed by atoms with Gasteiger partial charge in [-0.05, 0) is 80.0 Å². The number of carbonyl (C=O) groups excluding carboxylic acids is 4. The van der Waals surface area contributed by atoms with Crippen LogP contribution in [0, 0.1) is 11.3 Å². The Bertz CT molecular complexity index is 2890. The summed E-state index contributed by atoms with van der Waals surface area (Å²) in [6.45, 7) is 9.12. The molecule has 3 aromatic carbocycles. The molecule has 5 aromatic rings. The average Bonchev–Trinajstić information content (AvgIpc) is 4.22. The molecule has 4 fully saturated rings. The third kappa shape index (κ3) is 8.91. The van der Waals surface area contributed by atoms with Crippen LogP contribution in [0.15, 0.2) is 89.9 Å². The van der Waals surface area contributed by atoms with Crippen molar-refractivity contribution >= 4 is 61.4 Å². The Morgan fingerprint density at radius 2 is 1.70 bits per heavy atom. The molecule has 346 valence electrons. The van der Waals surface area contributed by atoms with Crippen LogP contribution in [0.3, 0.4) is 0 Å². The van der Waals surface area contributed by atoms with E-state index in [1.165, 1.54) is 23.1 Å². The van der Waals surface area contributed by atoms with Gasteiger partial charge in [0, 0.05) is 40.6 Å². The van der Waals surface area contributed by atoms with Gasteiger partial charge in [0.1, 0.15) is 34.8 Å². The first-order valence-corrected chi connectivity index (χ1v) is 23.3. The predicted molar refractivity (Wildman–Crippen MR) is 237 cm³/mol. The Labute approximate surface area is 378 Å². The number of sulfonamides is 1. The van der Waals surface area contributed by atoms with Crippen molar-refractivity contribution in [2.24, 2.45) is 11.3 Å². The van der Waals surface area contributed by atoms with Crippen molar-refractivity contribution in [2.75, 3.05) is 11.9 Å². The van der Waals surface area contributed by atoms with E-state index >= 15 is 4.79 Å². The maximum absolute atomic E-state index is 15.1. The van der Waals surface area contributed by atoms with Crippen LogP contribution in [-0.2, 0) is 30.6 Å². The molecule has 66 heavy (non-hydrogen) atoms. The molecule has 19 heteroatoms. The summed E-state index contributed by atoms with van der Waals surface area (Å²) < 4.78 is 81.2. The summed E-state index contributed by atoms with van der Waals surface area (Å²) in [6.07, 6.45) is -1.50. The Balaban J connectivity index is 1.06. The number of ether oxygens (including phenoxy) is 1. The van der Waals surface area contributed by atoms with E-state index in [-0.39, 0.29) is 54.2 Å². The van der Waals surface area contributed by atoms with Crippen LogP contribution in [0.5, 0.6) is 5.88 Å². The Kier molecular flexibility index (Phi) is 11.1. The van der Waals surface area contributed by atoms with Crippen molar-refractivity contribution < 1.29 is 49.9 Å². The minimum atomic E-state index is -4.57. The molecule has 15 nitrogen and oxygen atoms in total. The highest BCUT2D eigenvalue weighted by Crippen LogP contribution is 2.46. The number of likely N-dealkylation sites (tertiary alicyclic amines) is 1. The number of alkyl halides is 3. The second-order valence-corrected chi connectivity index (χ2v) is 20.6. The number of nitrogens with zero attached hydrogens (tertiary/aromatic N) is 3. The fourth-order valence-corrected chi connectivity index (χ4v) is 9.73. The fourth-order valence-electron chi connectivity index (χ4n) is 8.36. The summed E-state index contributed by atoms with van der Waals surface area (Å²) in [5, 5.41) is 8.94. The predicted octanol–water partition coefficient (Wildman–Crippen LogP) is 6.50. The molecule has 2 aromatic heterocycles. The van der Waals surface area contributed by atoms with Gasteiger partial charge in [0.2, 0.25) is 27.4 Å². The van der Waals surface area contributed by atoms with Gasteiger partial charge < -0.3 is 30.0 Å². The third-order valence-corrected chi connectivity index (χ3v) is 14.3. The number of rotatable bonds is 14. The molecule has 3 heterocycles. The van der Waals surface area contributed by atoms with Gasteiger partial charge >= 0.3 is 6.18 Å². The lowest BCUT2D eigenvalue weighted by atomic mass is 9.85. The van der Waals surface area contributed by atoms with Gasteiger partial charge in [0.15, 0.2) is 5.82 Å². The van der Waals surface area contributed by atoms with E-state index in [9.17, 15) is 36.0 Å². The lowest BCUT2D eigenvalue weighted by Gasteiger charge is -2.36. The number of furan rings is 1. The van der Waals surface area contributed by atoms with Gasteiger partial charge in [-0.3, -0.25) is 23.9 Å². The summed E-state index contributed by atoms with van der Waals surface area (Å²) in [5.74, 6) is -3.08. The maximum atomic E-state index is 15.1. The normalized spacial score (nSPS) is 22.4.